The molecule has 0 bridgehead atoms. The number of nitrogens with zero attached hydrogens (tertiary/aromatic N) is 4. The molecule has 23 heavy (non-hydrogen) atoms. The quantitative estimate of drug-likeness (QED) is 0.866. The first-order chi connectivity index (χ1) is 11.2. The van der Waals surface area contributed by atoms with Gasteiger partial charge in [0.1, 0.15) is 12.9 Å². The largest absolute Gasteiger partial charge is 0.345 e. The van der Waals surface area contributed by atoms with Gasteiger partial charge in [-0.2, -0.15) is 5.10 Å². The molecule has 1 fully saturated rings. The van der Waals surface area contributed by atoms with Gasteiger partial charge in [-0.1, -0.05) is 37.5 Å². The van der Waals surface area contributed by atoms with Crippen molar-refractivity contribution in [1.29, 1.82) is 0 Å². The lowest BCUT2D eigenvalue weighted by Gasteiger charge is -2.34. The molecule has 2 aromatic rings. The van der Waals surface area contributed by atoms with Crippen molar-refractivity contribution >= 4 is 11.6 Å². The summed E-state index contributed by atoms with van der Waals surface area (Å²) >= 11 is 0. The van der Waals surface area contributed by atoms with Gasteiger partial charge in [0, 0.05) is 18.8 Å². The van der Waals surface area contributed by atoms with E-state index >= 15 is 0 Å². The van der Waals surface area contributed by atoms with Crippen molar-refractivity contribution in [2.75, 3.05) is 4.90 Å². The molecular formula is C17H22N4O2. The van der Waals surface area contributed by atoms with Gasteiger partial charge in [-0.25, -0.2) is 9.48 Å². The van der Waals surface area contributed by atoms with Gasteiger partial charge < -0.3 is 4.90 Å². The van der Waals surface area contributed by atoms with Crippen molar-refractivity contribution in [3.05, 3.63) is 47.1 Å². The molecule has 3 rings (SSSR count). The van der Waals surface area contributed by atoms with Crippen LogP contribution < -0.4 is 10.6 Å². The second-order valence-electron chi connectivity index (χ2n) is 6.07. The summed E-state index contributed by atoms with van der Waals surface area (Å²) in [6, 6.07) is 9.92. The number of hydrogen-bond donors (Lipinski definition) is 0. The Balaban J connectivity index is 1.86. The van der Waals surface area contributed by atoms with Crippen molar-refractivity contribution < 1.29 is 4.79 Å². The maximum absolute atomic E-state index is 12.9. The fourth-order valence-electron chi connectivity index (χ4n) is 3.22. The number of carbonyl (C=O) groups is 1. The van der Waals surface area contributed by atoms with Crippen molar-refractivity contribution in [3.8, 4) is 0 Å². The van der Waals surface area contributed by atoms with E-state index in [2.05, 4.69) is 5.10 Å². The number of amides is 1. The van der Waals surface area contributed by atoms with Gasteiger partial charge in [-0.3, -0.25) is 9.36 Å². The molecule has 122 valence electrons. The molecule has 0 unspecified atom stereocenters. The normalized spacial score (nSPS) is 15.5. The lowest BCUT2D eigenvalue weighted by Crippen LogP contribution is -2.44. The fraction of sp³-hybridized carbons (Fsp3) is 0.471. The van der Waals surface area contributed by atoms with Gasteiger partial charge in [-0.15, -0.1) is 0 Å². The van der Waals surface area contributed by atoms with Crippen LogP contribution in [0.5, 0.6) is 0 Å². The summed E-state index contributed by atoms with van der Waals surface area (Å²) in [7, 11) is 1.63. The third-order valence-electron chi connectivity index (χ3n) is 4.41. The first-order valence-corrected chi connectivity index (χ1v) is 8.12. The molecule has 1 aliphatic rings. The van der Waals surface area contributed by atoms with Crippen LogP contribution in [0.2, 0.25) is 0 Å². The Morgan fingerprint density at radius 3 is 2.52 bits per heavy atom. The number of anilines is 1. The van der Waals surface area contributed by atoms with Crippen LogP contribution >= 0.6 is 0 Å². The average molecular weight is 314 g/mol. The summed E-state index contributed by atoms with van der Waals surface area (Å²) < 4.78 is 2.60. The van der Waals surface area contributed by atoms with Crippen LogP contribution in [0, 0.1) is 0 Å². The third-order valence-corrected chi connectivity index (χ3v) is 4.41. The minimum Gasteiger partial charge on any atom is -0.308 e. The molecule has 0 saturated heterocycles. The molecule has 1 amide bonds. The van der Waals surface area contributed by atoms with E-state index in [9.17, 15) is 9.59 Å². The van der Waals surface area contributed by atoms with Crippen LogP contribution in [0.25, 0.3) is 0 Å². The molecule has 0 aliphatic heterocycles. The minimum absolute atomic E-state index is 0.0228. The minimum atomic E-state index is -0.269. The third kappa shape index (κ3) is 3.36. The molecular weight excluding hydrogens is 292 g/mol. The summed E-state index contributed by atoms with van der Waals surface area (Å²) in [5.74, 6) is -0.0797. The molecule has 1 aromatic heterocycles. The Morgan fingerprint density at radius 1 is 1.22 bits per heavy atom. The van der Waals surface area contributed by atoms with E-state index in [1.54, 1.807) is 7.05 Å². The Hall–Kier alpha value is -2.37. The van der Waals surface area contributed by atoms with Crippen LogP contribution in [0.15, 0.2) is 41.5 Å². The number of para-hydroxylation sites is 1. The van der Waals surface area contributed by atoms with Crippen molar-refractivity contribution in [2.24, 2.45) is 7.05 Å². The standard InChI is InChI=1S/C17H22N4O2/c1-19-13-18-20(17(19)23)12-16(22)21(14-8-4-2-5-9-14)15-10-6-3-7-11-15/h2,4-5,8-9,13,15H,3,6-7,10-12H2,1H3. The van der Waals surface area contributed by atoms with Gasteiger partial charge in [-0.05, 0) is 25.0 Å². The Bertz CT molecular complexity index is 714. The number of aryl methyl sites for hydroxylation is 1. The predicted molar refractivity (Wildman–Crippen MR) is 88.3 cm³/mol. The number of aromatic nitrogens is 3. The predicted octanol–water partition coefficient (Wildman–Crippen LogP) is 1.95. The first kappa shape index (κ1) is 15.5. The van der Waals surface area contributed by atoms with E-state index in [0.29, 0.717) is 0 Å². The van der Waals surface area contributed by atoms with Gasteiger partial charge >= 0.3 is 5.69 Å². The Labute approximate surface area is 135 Å². The highest BCUT2D eigenvalue weighted by Crippen LogP contribution is 2.27. The number of hydrogen-bond acceptors (Lipinski definition) is 3. The summed E-state index contributed by atoms with van der Waals surface area (Å²) in [5.41, 5.74) is 0.628. The van der Waals surface area contributed by atoms with Gasteiger partial charge in [0.05, 0.1) is 0 Å². The topological polar surface area (TPSA) is 60.1 Å². The molecule has 6 heteroatoms. The van der Waals surface area contributed by atoms with E-state index in [-0.39, 0.29) is 24.2 Å². The maximum atomic E-state index is 12.9. The van der Waals surface area contributed by atoms with E-state index < -0.39 is 0 Å². The van der Waals surface area contributed by atoms with Crippen LogP contribution in [-0.4, -0.2) is 26.3 Å². The summed E-state index contributed by atoms with van der Waals surface area (Å²) in [6.07, 6.45) is 6.97. The molecule has 1 aromatic carbocycles. The molecule has 1 aliphatic carbocycles. The lowest BCUT2D eigenvalue weighted by molar-refractivity contribution is -0.120. The monoisotopic (exact) mass is 314 g/mol. The molecule has 1 saturated carbocycles. The zero-order valence-corrected chi connectivity index (χ0v) is 13.4. The zero-order valence-electron chi connectivity index (χ0n) is 13.4. The Kier molecular flexibility index (Phi) is 4.60. The van der Waals surface area contributed by atoms with Crippen molar-refractivity contribution in [1.82, 2.24) is 14.3 Å². The van der Waals surface area contributed by atoms with Crippen LogP contribution in [0.4, 0.5) is 5.69 Å². The highest BCUT2D eigenvalue weighted by Gasteiger charge is 2.27. The SMILES string of the molecule is Cn1cnn(CC(=O)N(c2ccccc2)C2CCCCC2)c1=O. The van der Waals surface area contributed by atoms with E-state index in [1.807, 2.05) is 35.2 Å². The van der Waals surface area contributed by atoms with Crippen LogP contribution in [0.3, 0.4) is 0 Å². The molecule has 0 spiro atoms. The van der Waals surface area contributed by atoms with E-state index in [0.717, 1.165) is 31.4 Å². The highest BCUT2D eigenvalue weighted by atomic mass is 16.2. The number of rotatable bonds is 4. The van der Waals surface area contributed by atoms with Gasteiger partial charge in [0.25, 0.3) is 0 Å². The molecule has 0 N–H and O–H groups in total. The van der Waals surface area contributed by atoms with E-state index in [4.69, 9.17) is 0 Å². The van der Waals surface area contributed by atoms with Crippen LogP contribution in [0.1, 0.15) is 32.1 Å². The smallest absolute Gasteiger partial charge is 0.308 e. The fourth-order valence-corrected chi connectivity index (χ4v) is 3.22. The number of benzene rings is 1. The second kappa shape index (κ2) is 6.81. The summed E-state index contributed by atoms with van der Waals surface area (Å²) in [5, 5.41) is 4.00. The second-order valence-corrected chi connectivity index (χ2v) is 6.07. The van der Waals surface area contributed by atoms with Crippen molar-refractivity contribution in [2.45, 2.75) is 44.7 Å². The molecule has 0 atom stereocenters. The highest BCUT2D eigenvalue weighted by molar-refractivity contribution is 5.93. The Morgan fingerprint density at radius 2 is 1.91 bits per heavy atom. The zero-order chi connectivity index (χ0) is 16.2. The van der Waals surface area contributed by atoms with Crippen molar-refractivity contribution in [3.63, 3.8) is 0 Å². The maximum Gasteiger partial charge on any atom is 0.345 e. The van der Waals surface area contributed by atoms with Crippen LogP contribution in [-0.2, 0) is 18.4 Å². The van der Waals surface area contributed by atoms with Gasteiger partial charge in [0.15, 0.2) is 0 Å². The molecule has 1 heterocycles. The molecule has 0 radical (unpaired) electrons. The first-order valence-electron chi connectivity index (χ1n) is 8.12. The summed E-state index contributed by atoms with van der Waals surface area (Å²) in [4.78, 5) is 26.7. The average Bonchev–Trinajstić information content (AvgIpc) is 2.89. The summed E-state index contributed by atoms with van der Waals surface area (Å²) in [6.45, 7) is -0.0228. The van der Waals surface area contributed by atoms with E-state index in [1.165, 1.54) is 22.0 Å². The molecule has 6 nitrogen and oxygen atoms in total. The van der Waals surface area contributed by atoms with Gasteiger partial charge in [0.2, 0.25) is 5.91 Å². The number of carbonyl (C=O) groups excluding carboxylic acids is 1. The lowest BCUT2D eigenvalue weighted by atomic mass is 9.93.